The molecule has 0 amide bonds. The van der Waals surface area contributed by atoms with E-state index in [-0.39, 0.29) is 5.41 Å². The van der Waals surface area contributed by atoms with Crippen LogP contribution >= 0.6 is 0 Å². The lowest BCUT2D eigenvalue weighted by Gasteiger charge is -2.19. The Labute approximate surface area is 129 Å². The first-order valence-corrected chi connectivity index (χ1v) is 7.94. The molecule has 114 valence electrons. The van der Waals surface area contributed by atoms with Crippen molar-refractivity contribution in [1.82, 2.24) is 9.88 Å². The fourth-order valence-corrected chi connectivity index (χ4v) is 2.42. The summed E-state index contributed by atoms with van der Waals surface area (Å²) >= 11 is 0. The van der Waals surface area contributed by atoms with Crippen molar-refractivity contribution in [3.05, 3.63) is 59.4 Å². The highest BCUT2D eigenvalue weighted by atomic mass is 14.9. The summed E-state index contributed by atoms with van der Waals surface area (Å²) in [5.41, 5.74) is 4.33. The molecule has 2 aromatic rings. The minimum Gasteiger partial charge on any atom is -0.350 e. The highest BCUT2D eigenvalue weighted by Crippen LogP contribution is 2.22. The van der Waals surface area contributed by atoms with Crippen LogP contribution in [0.4, 0.5) is 0 Å². The number of hydrogen-bond acceptors (Lipinski definition) is 1. The number of benzene rings is 1. The lowest BCUT2D eigenvalue weighted by atomic mass is 9.87. The van der Waals surface area contributed by atoms with E-state index < -0.39 is 0 Å². The van der Waals surface area contributed by atoms with Crippen molar-refractivity contribution in [1.29, 1.82) is 0 Å². The molecule has 0 saturated carbocycles. The molecule has 0 fully saturated rings. The van der Waals surface area contributed by atoms with Crippen molar-refractivity contribution in [3.8, 4) is 0 Å². The molecule has 0 bridgehead atoms. The molecule has 1 aromatic carbocycles. The van der Waals surface area contributed by atoms with Crippen LogP contribution in [-0.4, -0.2) is 11.1 Å². The van der Waals surface area contributed by atoms with Gasteiger partial charge < -0.3 is 9.88 Å². The maximum absolute atomic E-state index is 3.44. The molecule has 0 aliphatic rings. The first-order chi connectivity index (χ1) is 9.99. The van der Waals surface area contributed by atoms with Gasteiger partial charge in [0.2, 0.25) is 0 Å². The maximum atomic E-state index is 3.44. The van der Waals surface area contributed by atoms with Gasteiger partial charge in [0.1, 0.15) is 0 Å². The Bertz CT molecular complexity index is 544. The lowest BCUT2D eigenvalue weighted by molar-refractivity contribution is 0.589. The second-order valence-corrected chi connectivity index (χ2v) is 6.82. The predicted molar refractivity (Wildman–Crippen MR) is 90.7 cm³/mol. The third kappa shape index (κ3) is 4.75. The first kappa shape index (κ1) is 15.8. The van der Waals surface area contributed by atoms with E-state index in [1.165, 1.54) is 23.1 Å². The molecule has 1 heterocycles. The third-order valence-corrected chi connectivity index (χ3v) is 3.75. The van der Waals surface area contributed by atoms with Gasteiger partial charge in [0.25, 0.3) is 0 Å². The average molecular weight is 284 g/mol. The van der Waals surface area contributed by atoms with Gasteiger partial charge in [-0.05, 0) is 41.1 Å². The van der Waals surface area contributed by atoms with E-state index in [1.54, 1.807) is 0 Å². The molecule has 1 aromatic heterocycles. The highest BCUT2D eigenvalue weighted by Gasteiger charge is 2.12. The van der Waals surface area contributed by atoms with Gasteiger partial charge in [-0.25, -0.2) is 0 Å². The van der Waals surface area contributed by atoms with E-state index in [4.69, 9.17) is 0 Å². The largest absolute Gasteiger partial charge is 0.350 e. The number of rotatable bonds is 6. The van der Waals surface area contributed by atoms with Gasteiger partial charge in [-0.15, -0.1) is 0 Å². The van der Waals surface area contributed by atoms with Gasteiger partial charge in [0.15, 0.2) is 0 Å². The molecule has 1 N–H and O–H groups in total. The fraction of sp³-hybridized carbons (Fsp3) is 0.474. The fourth-order valence-electron chi connectivity index (χ4n) is 2.42. The van der Waals surface area contributed by atoms with Gasteiger partial charge >= 0.3 is 0 Å². The van der Waals surface area contributed by atoms with Crippen LogP contribution in [0.3, 0.4) is 0 Å². The van der Waals surface area contributed by atoms with Gasteiger partial charge in [-0.2, -0.15) is 0 Å². The third-order valence-electron chi connectivity index (χ3n) is 3.75. The minimum absolute atomic E-state index is 0.226. The van der Waals surface area contributed by atoms with Crippen LogP contribution in [0.2, 0.25) is 0 Å². The molecule has 0 spiro atoms. The molecular weight excluding hydrogens is 256 g/mol. The molecule has 0 unspecified atom stereocenters. The molecular formula is C19H28N2. The van der Waals surface area contributed by atoms with Gasteiger partial charge in [-0.1, -0.05) is 52.0 Å². The van der Waals surface area contributed by atoms with E-state index in [0.717, 1.165) is 19.6 Å². The number of nitrogens with one attached hydrogen (secondary N) is 1. The Kier molecular flexibility index (Phi) is 5.24. The number of nitrogens with zero attached hydrogens (tertiary/aromatic N) is 1. The van der Waals surface area contributed by atoms with E-state index >= 15 is 0 Å². The zero-order valence-corrected chi connectivity index (χ0v) is 13.8. The smallest absolute Gasteiger partial charge is 0.0470 e. The van der Waals surface area contributed by atoms with Crippen molar-refractivity contribution < 1.29 is 0 Å². The number of aromatic nitrogens is 1. The van der Waals surface area contributed by atoms with Crippen molar-refractivity contribution in [2.75, 3.05) is 6.54 Å². The van der Waals surface area contributed by atoms with E-state index in [0.29, 0.717) is 0 Å². The second kappa shape index (κ2) is 6.95. The number of hydrogen-bond donors (Lipinski definition) is 1. The zero-order chi connectivity index (χ0) is 15.3. The molecule has 2 nitrogen and oxygen atoms in total. The summed E-state index contributed by atoms with van der Waals surface area (Å²) in [4.78, 5) is 0. The topological polar surface area (TPSA) is 17.0 Å². The van der Waals surface area contributed by atoms with Crippen LogP contribution in [0.15, 0.2) is 42.7 Å². The molecule has 2 rings (SSSR count). The predicted octanol–water partition coefficient (Wildman–Crippen LogP) is 4.33. The Balaban J connectivity index is 1.95. The SMILES string of the molecule is CCCNCc1ccn(Cc2ccc(C(C)(C)C)cc2)c1. The van der Waals surface area contributed by atoms with E-state index in [9.17, 15) is 0 Å². The second-order valence-electron chi connectivity index (χ2n) is 6.82. The first-order valence-electron chi connectivity index (χ1n) is 7.94. The van der Waals surface area contributed by atoms with Crippen LogP contribution in [0.25, 0.3) is 0 Å². The van der Waals surface area contributed by atoms with Crippen LogP contribution in [0, 0.1) is 0 Å². The maximum Gasteiger partial charge on any atom is 0.0470 e. The van der Waals surface area contributed by atoms with Crippen LogP contribution in [-0.2, 0) is 18.5 Å². The van der Waals surface area contributed by atoms with Crippen LogP contribution in [0.5, 0.6) is 0 Å². The zero-order valence-electron chi connectivity index (χ0n) is 13.8. The van der Waals surface area contributed by atoms with Gasteiger partial charge in [0.05, 0.1) is 0 Å². The Morgan fingerprint density at radius 2 is 1.71 bits per heavy atom. The minimum atomic E-state index is 0.226. The summed E-state index contributed by atoms with van der Waals surface area (Å²) < 4.78 is 2.26. The Morgan fingerprint density at radius 1 is 1.00 bits per heavy atom. The molecule has 0 atom stereocenters. The Hall–Kier alpha value is -1.54. The standard InChI is InChI=1S/C19H28N2/c1-5-11-20-13-17-10-12-21(15-17)14-16-6-8-18(9-7-16)19(2,3)4/h6-10,12,15,20H,5,11,13-14H2,1-4H3. The van der Waals surface area contributed by atoms with Crippen molar-refractivity contribution >= 4 is 0 Å². The van der Waals surface area contributed by atoms with Crippen molar-refractivity contribution in [2.24, 2.45) is 0 Å². The monoisotopic (exact) mass is 284 g/mol. The quantitative estimate of drug-likeness (QED) is 0.781. The van der Waals surface area contributed by atoms with Gasteiger partial charge in [-0.3, -0.25) is 0 Å². The van der Waals surface area contributed by atoms with Crippen LogP contribution in [0.1, 0.15) is 50.8 Å². The lowest BCUT2D eigenvalue weighted by Crippen LogP contribution is -2.13. The average Bonchev–Trinajstić information content (AvgIpc) is 2.86. The van der Waals surface area contributed by atoms with Crippen molar-refractivity contribution in [2.45, 2.75) is 52.6 Å². The molecule has 0 radical (unpaired) electrons. The summed E-state index contributed by atoms with van der Waals surface area (Å²) in [6.07, 6.45) is 5.59. The van der Waals surface area contributed by atoms with Crippen molar-refractivity contribution in [3.63, 3.8) is 0 Å². The normalized spacial score (nSPS) is 11.8. The summed E-state index contributed by atoms with van der Waals surface area (Å²) in [5.74, 6) is 0. The molecule has 0 saturated heterocycles. The summed E-state index contributed by atoms with van der Waals surface area (Å²) in [6, 6.07) is 11.2. The van der Waals surface area contributed by atoms with E-state index in [1.807, 2.05) is 0 Å². The Morgan fingerprint density at radius 3 is 2.33 bits per heavy atom. The summed E-state index contributed by atoms with van der Waals surface area (Å²) in [7, 11) is 0. The molecule has 2 heteroatoms. The highest BCUT2D eigenvalue weighted by molar-refractivity contribution is 5.28. The molecule has 21 heavy (non-hydrogen) atoms. The summed E-state index contributed by atoms with van der Waals surface area (Å²) in [6.45, 7) is 11.9. The molecule has 0 aliphatic carbocycles. The summed E-state index contributed by atoms with van der Waals surface area (Å²) in [5, 5.41) is 3.44. The van der Waals surface area contributed by atoms with Gasteiger partial charge in [0, 0.05) is 25.5 Å². The molecule has 0 aliphatic heterocycles. The van der Waals surface area contributed by atoms with Crippen LogP contribution < -0.4 is 5.32 Å². The van der Waals surface area contributed by atoms with E-state index in [2.05, 4.69) is 80.3 Å².